The standard InChI is InChI=1S/C29H32N2O4/c1-28(2,3)23-11-10-21(17-22(23)18-7-6-8-19(15-18)26(34)31(4)5)30-27(35)29(13-14-29)20-9-12-24(32)25(33)16-20/h6-12,15-17,32-33H,13-14H2,1-5H3,(H,30,35). The van der Waals surface area contributed by atoms with E-state index in [1.165, 1.54) is 12.1 Å². The lowest BCUT2D eigenvalue weighted by atomic mass is 9.81. The van der Waals surface area contributed by atoms with Gasteiger partial charge in [0.1, 0.15) is 0 Å². The molecule has 6 nitrogen and oxygen atoms in total. The quantitative estimate of drug-likeness (QED) is 0.432. The second kappa shape index (κ2) is 8.77. The highest BCUT2D eigenvalue weighted by Crippen LogP contribution is 2.50. The van der Waals surface area contributed by atoms with Crippen LogP contribution in [0.5, 0.6) is 11.5 Å². The van der Waals surface area contributed by atoms with Crippen LogP contribution >= 0.6 is 0 Å². The molecule has 0 unspecified atom stereocenters. The van der Waals surface area contributed by atoms with Crippen molar-refractivity contribution < 1.29 is 19.8 Å². The van der Waals surface area contributed by atoms with E-state index >= 15 is 0 Å². The Morgan fingerprint density at radius 2 is 1.63 bits per heavy atom. The summed E-state index contributed by atoms with van der Waals surface area (Å²) in [4.78, 5) is 27.4. The van der Waals surface area contributed by atoms with Gasteiger partial charge in [-0.3, -0.25) is 9.59 Å². The molecule has 1 saturated carbocycles. The van der Waals surface area contributed by atoms with Crippen molar-refractivity contribution in [2.45, 2.75) is 44.4 Å². The number of nitrogens with one attached hydrogen (secondary N) is 1. The zero-order valence-corrected chi connectivity index (χ0v) is 20.8. The number of rotatable bonds is 5. The number of phenolic OH excluding ortho intramolecular Hbond substituents is 2. The predicted octanol–water partition coefficient (Wildman–Crippen LogP) is 5.43. The summed E-state index contributed by atoms with van der Waals surface area (Å²) in [6.45, 7) is 6.40. The molecule has 2 amide bonds. The van der Waals surface area contributed by atoms with Gasteiger partial charge >= 0.3 is 0 Å². The van der Waals surface area contributed by atoms with Crippen LogP contribution in [-0.4, -0.2) is 41.0 Å². The van der Waals surface area contributed by atoms with Crippen LogP contribution in [0, 0.1) is 0 Å². The number of anilines is 1. The van der Waals surface area contributed by atoms with Gasteiger partial charge < -0.3 is 20.4 Å². The molecule has 0 atom stereocenters. The molecule has 3 aromatic rings. The zero-order chi connectivity index (χ0) is 25.5. The summed E-state index contributed by atoms with van der Waals surface area (Å²) >= 11 is 0. The maximum atomic E-state index is 13.3. The van der Waals surface area contributed by atoms with Crippen molar-refractivity contribution in [3.05, 3.63) is 77.4 Å². The van der Waals surface area contributed by atoms with Crippen molar-refractivity contribution in [2.75, 3.05) is 19.4 Å². The first kappa shape index (κ1) is 24.3. The molecule has 6 heteroatoms. The Morgan fingerprint density at radius 3 is 2.23 bits per heavy atom. The van der Waals surface area contributed by atoms with Gasteiger partial charge in [-0.05, 0) is 76.9 Å². The van der Waals surface area contributed by atoms with Gasteiger partial charge in [-0.15, -0.1) is 0 Å². The van der Waals surface area contributed by atoms with Gasteiger partial charge in [0, 0.05) is 25.3 Å². The van der Waals surface area contributed by atoms with E-state index in [1.807, 2.05) is 36.4 Å². The number of hydrogen-bond acceptors (Lipinski definition) is 4. The summed E-state index contributed by atoms with van der Waals surface area (Å²) in [5.41, 5.74) is 4.05. The van der Waals surface area contributed by atoms with Crippen LogP contribution in [0.15, 0.2) is 60.7 Å². The van der Waals surface area contributed by atoms with Gasteiger partial charge in [-0.1, -0.05) is 45.0 Å². The molecule has 0 saturated heterocycles. The van der Waals surface area contributed by atoms with E-state index in [0.29, 0.717) is 29.7 Å². The maximum absolute atomic E-state index is 13.3. The monoisotopic (exact) mass is 472 g/mol. The lowest BCUT2D eigenvalue weighted by Gasteiger charge is -2.25. The van der Waals surface area contributed by atoms with Crippen LogP contribution in [0.3, 0.4) is 0 Å². The van der Waals surface area contributed by atoms with E-state index in [2.05, 4.69) is 26.1 Å². The average Bonchev–Trinajstić information content (AvgIpc) is 3.62. The smallest absolute Gasteiger partial charge is 0.253 e. The van der Waals surface area contributed by atoms with Crippen molar-refractivity contribution in [3.63, 3.8) is 0 Å². The highest BCUT2D eigenvalue weighted by Gasteiger charge is 2.51. The van der Waals surface area contributed by atoms with E-state index in [1.54, 1.807) is 31.1 Å². The fraction of sp³-hybridized carbons (Fsp3) is 0.310. The Labute approximate surface area is 206 Å². The van der Waals surface area contributed by atoms with Gasteiger partial charge in [0.05, 0.1) is 5.41 Å². The minimum atomic E-state index is -0.716. The molecule has 0 aromatic heterocycles. The van der Waals surface area contributed by atoms with Crippen molar-refractivity contribution in [1.29, 1.82) is 0 Å². The van der Waals surface area contributed by atoms with Crippen LogP contribution in [0.4, 0.5) is 5.69 Å². The molecule has 0 bridgehead atoms. The Bertz CT molecular complexity index is 1300. The fourth-order valence-electron chi connectivity index (χ4n) is 4.44. The topological polar surface area (TPSA) is 89.9 Å². The normalized spacial score (nSPS) is 14.3. The molecule has 0 heterocycles. The largest absolute Gasteiger partial charge is 0.504 e. The Morgan fingerprint density at radius 1 is 0.914 bits per heavy atom. The van der Waals surface area contributed by atoms with E-state index in [0.717, 1.165) is 16.7 Å². The molecule has 1 aliphatic carbocycles. The first-order valence-corrected chi connectivity index (χ1v) is 11.7. The van der Waals surface area contributed by atoms with Crippen LogP contribution in [0.1, 0.15) is 55.1 Å². The van der Waals surface area contributed by atoms with Crippen LogP contribution in [-0.2, 0) is 15.6 Å². The summed E-state index contributed by atoms with van der Waals surface area (Å²) < 4.78 is 0. The lowest BCUT2D eigenvalue weighted by molar-refractivity contribution is -0.118. The molecule has 0 spiro atoms. The summed E-state index contributed by atoms with van der Waals surface area (Å²) in [5, 5.41) is 22.6. The van der Waals surface area contributed by atoms with Crippen molar-refractivity contribution in [3.8, 4) is 22.6 Å². The van der Waals surface area contributed by atoms with Gasteiger partial charge in [-0.2, -0.15) is 0 Å². The SMILES string of the molecule is CN(C)C(=O)c1cccc(-c2cc(NC(=O)C3(c4ccc(O)c(O)c4)CC3)ccc2C(C)(C)C)c1. The molecule has 3 N–H and O–H groups in total. The first-order chi connectivity index (χ1) is 16.4. The number of phenols is 2. The number of amides is 2. The Kier molecular flexibility index (Phi) is 6.09. The molecular formula is C29H32N2O4. The second-order valence-electron chi connectivity index (χ2n) is 10.5. The van der Waals surface area contributed by atoms with Gasteiger partial charge in [0.15, 0.2) is 11.5 Å². The molecule has 182 valence electrons. The molecule has 35 heavy (non-hydrogen) atoms. The lowest BCUT2D eigenvalue weighted by Crippen LogP contribution is -2.28. The van der Waals surface area contributed by atoms with E-state index in [9.17, 15) is 19.8 Å². The van der Waals surface area contributed by atoms with Gasteiger partial charge in [-0.25, -0.2) is 0 Å². The van der Waals surface area contributed by atoms with Crippen molar-refractivity contribution in [2.24, 2.45) is 0 Å². The van der Waals surface area contributed by atoms with E-state index in [-0.39, 0.29) is 28.7 Å². The second-order valence-corrected chi connectivity index (χ2v) is 10.5. The fourth-order valence-corrected chi connectivity index (χ4v) is 4.44. The van der Waals surface area contributed by atoms with Crippen molar-refractivity contribution >= 4 is 17.5 Å². The summed E-state index contributed by atoms with van der Waals surface area (Å²) in [6.07, 6.45) is 1.34. The zero-order valence-electron chi connectivity index (χ0n) is 20.8. The minimum Gasteiger partial charge on any atom is -0.504 e. The van der Waals surface area contributed by atoms with Crippen LogP contribution in [0.2, 0.25) is 0 Å². The van der Waals surface area contributed by atoms with E-state index < -0.39 is 5.41 Å². The van der Waals surface area contributed by atoms with Crippen molar-refractivity contribution in [1.82, 2.24) is 4.90 Å². The van der Waals surface area contributed by atoms with Gasteiger partial charge in [0.25, 0.3) is 5.91 Å². The first-order valence-electron chi connectivity index (χ1n) is 11.7. The number of hydrogen-bond donors (Lipinski definition) is 3. The average molecular weight is 473 g/mol. The number of benzene rings is 3. The number of aromatic hydroxyl groups is 2. The highest BCUT2D eigenvalue weighted by molar-refractivity contribution is 6.02. The molecule has 3 aromatic carbocycles. The highest BCUT2D eigenvalue weighted by atomic mass is 16.3. The third-order valence-corrected chi connectivity index (χ3v) is 6.62. The summed E-state index contributed by atoms with van der Waals surface area (Å²) in [5.74, 6) is -0.650. The van der Waals surface area contributed by atoms with Gasteiger partial charge in [0.2, 0.25) is 5.91 Å². The molecular weight excluding hydrogens is 440 g/mol. The predicted molar refractivity (Wildman–Crippen MR) is 138 cm³/mol. The Hall–Kier alpha value is -3.80. The van der Waals surface area contributed by atoms with Crippen LogP contribution < -0.4 is 5.32 Å². The molecule has 4 rings (SSSR count). The molecule has 0 radical (unpaired) electrons. The van der Waals surface area contributed by atoms with Crippen LogP contribution in [0.25, 0.3) is 11.1 Å². The maximum Gasteiger partial charge on any atom is 0.253 e. The number of nitrogens with zero attached hydrogens (tertiary/aromatic N) is 1. The van der Waals surface area contributed by atoms with E-state index in [4.69, 9.17) is 0 Å². The Balaban J connectivity index is 1.70. The molecule has 1 fully saturated rings. The molecule has 0 aliphatic heterocycles. The summed E-state index contributed by atoms with van der Waals surface area (Å²) in [7, 11) is 3.46. The summed E-state index contributed by atoms with van der Waals surface area (Å²) in [6, 6.07) is 18.0. The number of carbonyl (C=O) groups excluding carboxylic acids is 2. The number of carbonyl (C=O) groups is 2. The third-order valence-electron chi connectivity index (χ3n) is 6.62. The third kappa shape index (κ3) is 4.74. The molecule has 1 aliphatic rings. The minimum absolute atomic E-state index is 0.0681.